The largest absolute Gasteiger partial charge is 0.481 e. The minimum atomic E-state index is -0.900. The number of carboxylic acid groups (broad SMARTS) is 1. The van der Waals surface area contributed by atoms with Crippen molar-refractivity contribution in [2.75, 3.05) is 6.61 Å². The van der Waals surface area contributed by atoms with Crippen LogP contribution in [0.5, 0.6) is 0 Å². The SMILES string of the molecule is [CH2]C(CCCO)C(=O)O. The second-order valence-electron chi connectivity index (χ2n) is 1.90. The molecule has 0 aromatic carbocycles. The Hall–Kier alpha value is -0.570. The second-order valence-corrected chi connectivity index (χ2v) is 1.90. The second kappa shape index (κ2) is 4.32. The van der Waals surface area contributed by atoms with Crippen LogP contribution in [0.2, 0.25) is 0 Å². The van der Waals surface area contributed by atoms with Crippen molar-refractivity contribution in [1.29, 1.82) is 0 Å². The summed E-state index contributed by atoms with van der Waals surface area (Å²) in [6.07, 6.45) is 0.965. The molecule has 0 saturated heterocycles. The Morgan fingerprint density at radius 3 is 2.56 bits per heavy atom. The van der Waals surface area contributed by atoms with Gasteiger partial charge in [-0.15, -0.1) is 0 Å². The molecule has 3 heteroatoms. The van der Waals surface area contributed by atoms with E-state index in [-0.39, 0.29) is 6.61 Å². The van der Waals surface area contributed by atoms with Crippen LogP contribution >= 0.6 is 0 Å². The smallest absolute Gasteiger partial charge is 0.306 e. The summed E-state index contributed by atoms with van der Waals surface area (Å²) in [5.41, 5.74) is 0. The summed E-state index contributed by atoms with van der Waals surface area (Å²) in [5.74, 6) is -1.47. The van der Waals surface area contributed by atoms with Crippen LogP contribution in [-0.2, 0) is 4.79 Å². The van der Waals surface area contributed by atoms with Gasteiger partial charge in [0.15, 0.2) is 0 Å². The molecule has 2 N–H and O–H groups in total. The number of carbonyl (C=O) groups is 1. The zero-order valence-corrected chi connectivity index (χ0v) is 5.21. The molecule has 3 nitrogen and oxygen atoms in total. The predicted octanol–water partition coefficient (Wildman–Crippen LogP) is 0.294. The van der Waals surface area contributed by atoms with Crippen molar-refractivity contribution in [3.05, 3.63) is 6.92 Å². The normalized spacial score (nSPS) is 13.1. The van der Waals surface area contributed by atoms with Gasteiger partial charge in [-0.25, -0.2) is 0 Å². The lowest BCUT2D eigenvalue weighted by Crippen LogP contribution is -2.09. The minimum absolute atomic E-state index is 0.0410. The van der Waals surface area contributed by atoms with Crippen molar-refractivity contribution < 1.29 is 15.0 Å². The molecular formula is C6H11O3. The molecule has 0 fully saturated rings. The molecule has 0 heterocycles. The molecule has 0 bridgehead atoms. The fraction of sp³-hybridized carbons (Fsp3) is 0.667. The van der Waals surface area contributed by atoms with Gasteiger partial charge in [0.2, 0.25) is 0 Å². The maximum atomic E-state index is 10.1. The lowest BCUT2D eigenvalue weighted by Gasteiger charge is -2.01. The van der Waals surface area contributed by atoms with Crippen LogP contribution in [0.1, 0.15) is 12.8 Å². The summed E-state index contributed by atoms with van der Waals surface area (Å²) < 4.78 is 0. The zero-order valence-electron chi connectivity index (χ0n) is 5.21. The van der Waals surface area contributed by atoms with E-state index < -0.39 is 11.9 Å². The number of hydrogen-bond acceptors (Lipinski definition) is 2. The number of aliphatic hydroxyl groups is 1. The van der Waals surface area contributed by atoms with Crippen molar-refractivity contribution in [2.24, 2.45) is 5.92 Å². The van der Waals surface area contributed by atoms with Gasteiger partial charge in [-0.1, -0.05) is 0 Å². The summed E-state index contributed by atoms with van der Waals surface area (Å²) in [6.45, 7) is 3.41. The molecule has 1 radical (unpaired) electrons. The van der Waals surface area contributed by atoms with Gasteiger partial charge < -0.3 is 10.2 Å². The van der Waals surface area contributed by atoms with E-state index in [1.54, 1.807) is 0 Å². The fourth-order valence-corrected chi connectivity index (χ4v) is 0.461. The number of aliphatic hydroxyl groups excluding tert-OH is 1. The highest BCUT2D eigenvalue weighted by Gasteiger charge is 2.08. The number of aliphatic carboxylic acids is 1. The standard InChI is InChI=1S/C6H11O3/c1-5(6(8)9)3-2-4-7/h5,7H,1-4H2,(H,8,9). The molecule has 0 rings (SSSR count). The quantitative estimate of drug-likeness (QED) is 0.576. The monoisotopic (exact) mass is 131 g/mol. The molecule has 1 atom stereocenters. The van der Waals surface area contributed by atoms with E-state index in [1.807, 2.05) is 0 Å². The van der Waals surface area contributed by atoms with Crippen LogP contribution in [0.4, 0.5) is 0 Å². The van der Waals surface area contributed by atoms with E-state index in [9.17, 15) is 4.79 Å². The first-order chi connectivity index (χ1) is 4.18. The molecule has 0 aliphatic rings. The fourth-order valence-electron chi connectivity index (χ4n) is 0.461. The maximum absolute atomic E-state index is 10.1. The van der Waals surface area contributed by atoms with E-state index in [2.05, 4.69) is 6.92 Å². The summed E-state index contributed by atoms with van der Waals surface area (Å²) in [5, 5.41) is 16.5. The van der Waals surface area contributed by atoms with E-state index in [4.69, 9.17) is 10.2 Å². The third kappa shape index (κ3) is 3.97. The molecule has 0 aromatic heterocycles. The van der Waals surface area contributed by atoms with E-state index in [0.29, 0.717) is 12.8 Å². The van der Waals surface area contributed by atoms with Crippen molar-refractivity contribution in [3.63, 3.8) is 0 Å². The third-order valence-electron chi connectivity index (χ3n) is 1.06. The molecule has 9 heavy (non-hydrogen) atoms. The van der Waals surface area contributed by atoms with Crippen LogP contribution < -0.4 is 0 Å². The van der Waals surface area contributed by atoms with Gasteiger partial charge in [-0.05, 0) is 19.8 Å². The van der Waals surface area contributed by atoms with E-state index in [0.717, 1.165) is 0 Å². The predicted molar refractivity (Wildman–Crippen MR) is 32.8 cm³/mol. The molecule has 0 saturated carbocycles. The number of rotatable bonds is 4. The van der Waals surface area contributed by atoms with Crippen LogP contribution in [0.3, 0.4) is 0 Å². The maximum Gasteiger partial charge on any atom is 0.306 e. The van der Waals surface area contributed by atoms with Gasteiger partial charge in [0, 0.05) is 6.61 Å². The first-order valence-corrected chi connectivity index (χ1v) is 2.85. The van der Waals surface area contributed by atoms with Crippen molar-refractivity contribution >= 4 is 5.97 Å². The zero-order chi connectivity index (χ0) is 7.28. The van der Waals surface area contributed by atoms with Crippen molar-refractivity contribution in [2.45, 2.75) is 12.8 Å². The molecular weight excluding hydrogens is 120 g/mol. The summed E-state index contributed by atoms with van der Waals surface area (Å²) >= 11 is 0. The Balaban J connectivity index is 3.27. The summed E-state index contributed by atoms with van der Waals surface area (Å²) in [7, 11) is 0. The molecule has 0 aromatic rings. The third-order valence-corrected chi connectivity index (χ3v) is 1.06. The van der Waals surface area contributed by atoms with E-state index in [1.165, 1.54) is 0 Å². The summed E-state index contributed by atoms with van der Waals surface area (Å²) in [4.78, 5) is 10.1. The molecule has 1 unspecified atom stereocenters. The summed E-state index contributed by atoms with van der Waals surface area (Å²) in [6, 6.07) is 0. The van der Waals surface area contributed by atoms with E-state index >= 15 is 0 Å². The lowest BCUT2D eigenvalue weighted by molar-refractivity contribution is -0.140. The Morgan fingerprint density at radius 2 is 2.22 bits per heavy atom. The Bertz CT molecular complexity index is 90.3. The van der Waals surface area contributed by atoms with Gasteiger partial charge >= 0.3 is 5.97 Å². The van der Waals surface area contributed by atoms with Gasteiger partial charge in [-0.3, -0.25) is 4.79 Å². The molecule has 0 aliphatic heterocycles. The van der Waals surface area contributed by atoms with Crippen LogP contribution in [-0.4, -0.2) is 22.8 Å². The van der Waals surface area contributed by atoms with Gasteiger partial charge in [0.1, 0.15) is 0 Å². The Kier molecular flexibility index (Phi) is 4.05. The number of hydrogen-bond donors (Lipinski definition) is 2. The highest BCUT2D eigenvalue weighted by molar-refractivity contribution is 5.70. The van der Waals surface area contributed by atoms with Crippen LogP contribution in [0.25, 0.3) is 0 Å². The number of carboxylic acids is 1. The van der Waals surface area contributed by atoms with Crippen molar-refractivity contribution in [3.8, 4) is 0 Å². The first-order valence-electron chi connectivity index (χ1n) is 2.85. The van der Waals surface area contributed by atoms with Gasteiger partial charge in [-0.2, -0.15) is 0 Å². The molecule has 53 valence electrons. The minimum Gasteiger partial charge on any atom is -0.481 e. The average Bonchev–Trinajstić information content (AvgIpc) is 1.82. The Labute approximate surface area is 54.3 Å². The average molecular weight is 131 g/mol. The van der Waals surface area contributed by atoms with Crippen LogP contribution in [0, 0.1) is 12.8 Å². The topological polar surface area (TPSA) is 57.5 Å². The highest BCUT2D eigenvalue weighted by Crippen LogP contribution is 2.02. The van der Waals surface area contributed by atoms with Gasteiger partial charge in [0.05, 0.1) is 5.92 Å². The Morgan fingerprint density at radius 1 is 1.67 bits per heavy atom. The first kappa shape index (κ1) is 8.43. The molecule has 0 spiro atoms. The van der Waals surface area contributed by atoms with Gasteiger partial charge in [0.25, 0.3) is 0 Å². The van der Waals surface area contributed by atoms with Crippen molar-refractivity contribution in [1.82, 2.24) is 0 Å². The molecule has 0 amide bonds. The highest BCUT2D eigenvalue weighted by atomic mass is 16.4. The van der Waals surface area contributed by atoms with Crippen LogP contribution in [0.15, 0.2) is 0 Å². The molecule has 0 aliphatic carbocycles. The lowest BCUT2D eigenvalue weighted by atomic mass is 10.1.